The molecule has 26 heavy (non-hydrogen) atoms. The zero-order valence-electron chi connectivity index (χ0n) is 15.1. The Bertz CT molecular complexity index is 649. The second kappa shape index (κ2) is 9.09. The molecule has 0 radical (unpaired) electrons. The van der Waals surface area contributed by atoms with E-state index in [-0.39, 0.29) is 42.6 Å². The van der Waals surface area contributed by atoms with Gasteiger partial charge >= 0.3 is 0 Å². The fourth-order valence-corrected chi connectivity index (χ4v) is 3.42. The number of nitrogens with one attached hydrogen (secondary N) is 2. The molecule has 2 N–H and O–H groups in total. The summed E-state index contributed by atoms with van der Waals surface area (Å²) < 4.78 is 10.6. The van der Waals surface area contributed by atoms with Crippen molar-refractivity contribution in [2.45, 2.75) is 25.3 Å². The number of halogens is 1. The van der Waals surface area contributed by atoms with Crippen LogP contribution in [0.25, 0.3) is 0 Å². The van der Waals surface area contributed by atoms with E-state index >= 15 is 0 Å². The van der Waals surface area contributed by atoms with Crippen molar-refractivity contribution < 1.29 is 19.1 Å². The van der Waals surface area contributed by atoms with Gasteiger partial charge in [0, 0.05) is 31.6 Å². The van der Waals surface area contributed by atoms with Crippen molar-refractivity contribution in [2.75, 3.05) is 38.8 Å². The Kier molecular flexibility index (Phi) is 7.11. The first-order valence-electron chi connectivity index (χ1n) is 8.66. The lowest BCUT2D eigenvalue weighted by molar-refractivity contribution is -0.127. The Labute approximate surface area is 159 Å². The molecule has 7 nitrogen and oxygen atoms in total. The van der Waals surface area contributed by atoms with Gasteiger partial charge in [0.05, 0.1) is 25.8 Å². The Balaban J connectivity index is 0.00000243. The first-order valence-corrected chi connectivity index (χ1v) is 8.66. The Morgan fingerprint density at radius 3 is 2.77 bits per heavy atom. The highest BCUT2D eigenvalue weighted by Gasteiger charge is 2.37. The third kappa shape index (κ3) is 4.40. The molecule has 1 aromatic rings. The average molecular weight is 384 g/mol. The molecule has 2 atom stereocenters. The summed E-state index contributed by atoms with van der Waals surface area (Å²) in [5.41, 5.74) is 0.669. The number of carbonyl (C=O) groups excluding carboxylic acids is 2. The van der Waals surface area contributed by atoms with Gasteiger partial charge in [-0.25, -0.2) is 0 Å². The van der Waals surface area contributed by atoms with Crippen LogP contribution in [0.2, 0.25) is 0 Å². The van der Waals surface area contributed by atoms with Crippen LogP contribution in [0, 0.1) is 5.92 Å². The number of benzene rings is 1. The van der Waals surface area contributed by atoms with Crippen molar-refractivity contribution in [2.24, 2.45) is 5.92 Å². The van der Waals surface area contributed by atoms with Gasteiger partial charge in [-0.2, -0.15) is 0 Å². The zero-order chi connectivity index (χ0) is 17.8. The molecular formula is C18H26ClN3O4. The minimum absolute atomic E-state index is 0. The zero-order valence-corrected chi connectivity index (χ0v) is 15.9. The molecule has 0 bridgehead atoms. The number of carbonyl (C=O) groups is 2. The Hall–Kier alpha value is -1.99. The summed E-state index contributed by atoms with van der Waals surface area (Å²) in [5.74, 6) is 0.778. The van der Waals surface area contributed by atoms with Gasteiger partial charge in [0.2, 0.25) is 11.8 Å². The highest BCUT2D eigenvalue weighted by molar-refractivity contribution is 6.01. The van der Waals surface area contributed by atoms with Crippen molar-refractivity contribution >= 4 is 29.9 Å². The number of hydrogen-bond acceptors (Lipinski definition) is 5. The standard InChI is InChI=1S/C18H25N3O4.ClH/c1-24-14-5-6-15(16(9-14)25-2)21-11-12(8-17(21)22)18(23)20-13-4-3-7-19-10-13;/h5-6,9,12-13,19H,3-4,7-8,10-11H2,1-2H3,(H,20,23);1H/t12?,13-;/m0./s1. The topological polar surface area (TPSA) is 79.9 Å². The van der Waals surface area contributed by atoms with E-state index in [2.05, 4.69) is 10.6 Å². The van der Waals surface area contributed by atoms with Crippen molar-refractivity contribution in [1.82, 2.24) is 10.6 Å². The smallest absolute Gasteiger partial charge is 0.227 e. The molecule has 1 unspecified atom stereocenters. The van der Waals surface area contributed by atoms with Crippen LogP contribution in [0.3, 0.4) is 0 Å². The van der Waals surface area contributed by atoms with E-state index in [1.54, 1.807) is 37.3 Å². The van der Waals surface area contributed by atoms with Crippen LogP contribution >= 0.6 is 12.4 Å². The maximum atomic E-state index is 12.5. The average Bonchev–Trinajstić information content (AvgIpc) is 3.03. The summed E-state index contributed by atoms with van der Waals surface area (Å²) in [5, 5.41) is 6.35. The molecule has 2 saturated heterocycles. The van der Waals surface area contributed by atoms with Crippen LogP contribution in [0.1, 0.15) is 19.3 Å². The van der Waals surface area contributed by atoms with Gasteiger partial charge in [0.25, 0.3) is 0 Å². The van der Waals surface area contributed by atoms with Gasteiger partial charge in [0.1, 0.15) is 11.5 Å². The molecule has 3 rings (SSSR count). The number of nitrogens with zero attached hydrogens (tertiary/aromatic N) is 1. The van der Waals surface area contributed by atoms with Crippen molar-refractivity contribution in [3.8, 4) is 11.5 Å². The summed E-state index contributed by atoms with van der Waals surface area (Å²) in [6.45, 7) is 2.16. The molecule has 2 fully saturated rings. The van der Waals surface area contributed by atoms with Crippen LogP contribution in [-0.2, 0) is 9.59 Å². The molecule has 2 aliphatic rings. The summed E-state index contributed by atoms with van der Waals surface area (Å²) in [6, 6.07) is 5.47. The van der Waals surface area contributed by atoms with Crippen LogP contribution < -0.4 is 25.0 Å². The van der Waals surface area contributed by atoms with Gasteiger partial charge in [-0.3, -0.25) is 9.59 Å². The number of amides is 2. The first kappa shape index (κ1) is 20.3. The van der Waals surface area contributed by atoms with E-state index in [0.29, 0.717) is 23.7 Å². The monoisotopic (exact) mass is 383 g/mol. The molecule has 2 amide bonds. The molecule has 144 valence electrons. The molecule has 2 heterocycles. The number of rotatable bonds is 5. The number of methoxy groups -OCH3 is 2. The summed E-state index contributed by atoms with van der Waals surface area (Å²) in [4.78, 5) is 26.6. The number of anilines is 1. The number of hydrogen-bond donors (Lipinski definition) is 2. The van der Waals surface area contributed by atoms with Crippen LogP contribution in [0.4, 0.5) is 5.69 Å². The second-order valence-corrected chi connectivity index (χ2v) is 6.50. The minimum Gasteiger partial charge on any atom is -0.497 e. The minimum atomic E-state index is -0.332. The van der Waals surface area contributed by atoms with E-state index < -0.39 is 0 Å². The van der Waals surface area contributed by atoms with Gasteiger partial charge in [-0.1, -0.05) is 0 Å². The van der Waals surface area contributed by atoms with Gasteiger partial charge in [-0.05, 0) is 31.5 Å². The third-order valence-electron chi connectivity index (χ3n) is 4.82. The van der Waals surface area contributed by atoms with Crippen LogP contribution in [0.15, 0.2) is 18.2 Å². The van der Waals surface area contributed by atoms with Crippen molar-refractivity contribution in [3.05, 3.63) is 18.2 Å². The molecule has 0 aliphatic carbocycles. The Morgan fingerprint density at radius 1 is 1.31 bits per heavy atom. The first-order chi connectivity index (χ1) is 12.1. The normalized spacial score (nSPS) is 22.5. The van der Waals surface area contributed by atoms with Crippen LogP contribution in [0.5, 0.6) is 11.5 Å². The molecule has 0 spiro atoms. The molecular weight excluding hydrogens is 358 g/mol. The maximum absolute atomic E-state index is 12.5. The number of ether oxygens (including phenoxy) is 2. The van der Waals surface area contributed by atoms with E-state index in [0.717, 1.165) is 25.9 Å². The predicted molar refractivity (Wildman–Crippen MR) is 101 cm³/mol. The van der Waals surface area contributed by atoms with Crippen molar-refractivity contribution in [3.63, 3.8) is 0 Å². The largest absolute Gasteiger partial charge is 0.497 e. The van der Waals surface area contributed by atoms with E-state index in [1.807, 2.05) is 0 Å². The molecule has 0 aromatic heterocycles. The summed E-state index contributed by atoms with van der Waals surface area (Å²) >= 11 is 0. The van der Waals surface area contributed by atoms with Crippen molar-refractivity contribution in [1.29, 1.82) is 0 Å². The lowest BCUT2D eigenvalue weighted by Gasteiger charge is -2.25. The number of piperidine rings is 1. The Morgan fingerprint density at radius 2 is 2.12 bits per heavy atom. The molecule has 1 aromatic carbocycles. The van der Waals surface area contributed by atoms with E-state index in [4.69, 9.17) is 9.47 Å². The molecule has 0 saturated carbocycles. The van der Waals surface area contributed by atoms with E-state index in [1.165, 1.54) is 0 Å². The van der Waals surface area contributed by atoms with E-state index in [9.17, 15) is 9.59 Å². The maximum Gasteiger partial charge on any atom is 0.227 e. The van der Waals surface area contributed by atoms with Crippen LogP contribution in [-0.4, -0.2) is 51.7 Å². The van der Waals surface area contributed by atoms with Gasteiger partial charge in [-0.15, -0.1) is 12.4 Å². The predicted octanol–water partition coefficient (Wildman–Crippen LogP) is 1.35. The highest BCUT2D eigenvalue weighted by Crippen LogP contribution is 2.35. The fourth-order valence-electron chi connectivity index (χ4n) is 3.42. The quantitative estimate of drug-likeness (QED) is 0.802. The van der Waals surface area contributed by atoms with Gasteiger partial charge in [0.15, 0.2) is 0 Å². The SMILES string of the molecule is COc1ccc(N2CC(C(=O)N[C@H]3CCCNC3)CC2=O)c(OC)c1.Cl. The molecule has 2 aliphatic heterocycles. The second-order valence-electron chi connectivity index (χ2n) is 6.50. The third-order valence-corrected chi connectivity index (χ3v) is 4.82. The highest BCUT2D eigenvalue weighted by atomic mass is 35.5. The lowest BCUT2D eigenvalue weighted by atomic mass is 10.0. The van der Waals surface area contributed by atoms with Gasteiger partial charge < -0.3 is 25.0 Å². The summed E-state index contributed by atoms with van der Waals surface area (Å²) in [7, 11) is 3.13. The molecule has 8 heteroatoms. The fraction of sp³-hybridized carbons (Fsp3) is 0.556. The summed E-state index contributed by atoms with van der Waals surface area (Å²) in [6.07, 6.45) is 2.26. The lowest BCUT2D eigenvalue weighted by Crippen LogP contribution is -2.47.